The van der Waals surface area contributed by atoms with Crippen molar-refractivity contribution in [2.24, 2.45) is 5.92 Å². The molecule has 0 heterocycles. The molecule has 0 unspecified atom stereocenters. The average molecular weight is 181 g/mol. The Morgan fingerprint density at radius 2 is 2.00 bits per heavy atom. The number of hydrogen-bond donors (Lipinski definition) is 1. The molecule has 1 aliphatic carbocycles. The van der Waals surface area contributed by atoms with Crippen LogP contribution in [0.3, 0.4) is 0 Å². The maximum Gasteiger partial charge on any atom is 0.0137 e. The van der Waals surface area contributed by atoms with Crippen molar-refractivity contribution in [2.75, 3.05) is 6.54 Å². The van der Waals surface area contributed by atoms with E-state index in [1.807, 2.05) is 0 Å². The van der Waals surface area contributed by atoms with Crippen molar-refractivity contribution < 1.29 is 0 Å². The van der Waals surface area contributed by atoms with Crippen LogP contribution in [0.5, 0.6) is 0 Å². The van der Waals surface area contributed by atoms with E-state index in [1.54, 1.807) is 0 Å². The van der Waals surface area contributed by atoms with E-state index in [1.165, 1.54) is 32.1 Å². The van der Waals surface area contributed by atoms with Gasteiger partial charge in [-0.2, -0.15) is 0 Å². The van der Waals surface area contributed by atoms with Gasteiger partial charge in [0.2, 0.25) is 0 Å². The Kier molecular flexibility index (Phi) is 5.14. The van der Waals surface area contributed by atoms with Crippen LogP contribution in [0.15, 0.2) is 12.2 Å². The summed E-state index contributed by atoms with van der Waals surface area (Å²) in [4.78, 5) is 0. The fraction of sp³-hybridized carbons (Fsp3) is 0.833. The molecule has 0 spiro atoms. The van der Waals surface area contributed by atoms with Gasteiger partial charge in [-0.1, -0.05) is 31.4 Å². The predicted molar refractivity (Wildman–Crippen MR) is 58.9 cm³/mol. The minimum atomic E-state index is 0.705. The molecule has 0 aliphatic heterocycles. The molecule has 0 saturated heterocycles. The van der Waals surface area contributed by atoms with Gasteiger partial charge >= 0.3 is 0 Å². The van der Waals surface area contributed by atoms with Crippen LogP contribution in [0.1, 0.15) is 46.0 Å². The lowest BCUT2D eigenvalue weighted by Crippen LogP contribution is -2.34. The number of allylic oxidation sites excluding steroid dienone is 1. The second kappa shape index (κ2) is 6.20. The zero-order valence-corrected chi connectivity index (χ0v) is 9.05. The molecule has 1 saturated carbocycles. The fourth-order valence-electron chi connectivity index (χ4n) is 2.17. The summed E-state index contributed by atoms with van der Waals surface area (Å²) < 4.78 is 0. The lowest BCUT2D eigenvalue weighted by atomic mass is 9.84. The molecule has 1 atom stereocenters. The van der Waals surface area contributed by atoms with E-state index in [-0.39, 0.29) is 0 Å². The van der Waals surface area contributed by atoms with Crippen LogP contribution in [-0.2, 0) is 0 Å². The van der Waals surface area contributed by atoms with Gasteiger partial charge < -0.3 is 5.32 Å². The summed E-state index contributed by atoms with van der Waals surface area (Å²) in [5.74, 6) is 0.930. The Balaban J connectivity index is 2.16. The van der Waals surface area contributed by atoms with Gasteiger partial charge in [0.1, 0.15) is 0 Å². The van der Waals surface area contributed by atoms with Gasteiger partial charge in [-0.15, -0.1) is 0 Å². The first-order valence-corrected chi connectivity index (χ1v) is 5.69. The first kappa shape index (κ1) is 10.8. The third-order valence-corrected chi connectivity index (χ3v) is 3.15. The first-order chi connectivity index (χ1) is 6.34. The third kappa shape index (κ3) is 3.95. The van der Waals surface area contributed by atoms with Crippen LogP contribution in [-0.4, -0.2) is 12.6 Å². The molecule has 0 bridgehead atoms. The summed E-state index contributed by atoms with van der Waals surface area (Å²) >= 11 is 0. The van der Waals surface area contributed by atoms with E-state index in [2.05, 4.69) is 31.3 Å². The summed E-state index contributed by atoms with van der Waals surface area (Å²) in [5, 5.41) is 3.57. The normalized spacial score (nSPS) is 22.3. The van der Waals surface area contributed by atoms with E-state index < -0.39 is 0 Å². The average Bonchev–Trinajstić information content (AvgIpc) is 2.19. The van der Waals surface area contributed by atoms with Crippen molar-refractivity contribution in [1.82, 2.24) is 5.32 Å². The van der Waals surface area contributed by atoms with E-state index in [0.29, 0.717) is 6.04 Å². The fourth-order valence-corrected chi connectivity index (χ4v) is 2.17. The van der Waals surface area contributed by atoms with Gasteiger partial charge in [0.15, 0.2) is 0 Å². The Morgan fingerprint density at radius 3 is 2.62 bits per heavy atom. The molecule has 1 fully saturated rings. The molecule has 1 heteroatoms. The number of rotatable bonds is 4. The standard InChI is InChI=1S/C12H23N/c1-3-4-10-13-11(2)12-8-6-5-7-9-12/h3-4,11-13H,5-10H2,1-2H3/b4-3+/t11-/m0/s1. The summed E-state index contributed by atoms with van der Waals surface area (Å²) in [6.07, 6.45) is 11.5. The third-order valence-electron chi connectivity index (χ3n) is 3.15. The van der Waals surface area contributed by atoms with Gasteiger partial charge in [0.05, 0.1) is 0 Å². The molecule has 1 aliphatic rings. The van der Waals surface area contributed by atoms with Crippen molar-refractivity contribution in [3.8, 4) is 0 Å². The second-order valence-corrected chi connectivity index (χ2v) is 4.16. The van der Waals surface area contributed by atoms with E-state index in [4.69, 9.17) is 0 Å². The molecule has 13 heavy (non-hydrogen) atoms. The number of nitrogens with one attached hydrogen (secondary N) is 1. The quantitative estimate of drug-likeness (QED) is 0.657. The van der Waals surface area contributed by atoms with E-state index in [0.717, 1.165) is 12.5 Å². The smallest absolute Gasteiger partial charge is 0.0137 e. The van der Waals surface area contributed by atoms with Crippen molar-refractivity contribution in [2.45, 2.75) is 52.0 Å². The monoisotopic (exact) mass is 181 g/mol. The molecule has 0 aromatic rings. The molecule has 0 aromatic heterocycles. The highest BCUT2D eigenvalue weighted by Gasteiger charge is 2.18. The maximum absolute atomic E-state index is 3.57. The van der Waals surface area contributed by atoms with Crippen LogP contribution in [0.25, 0.3) is 0 Å². The minimum absolute atomic E-state index is 0.705. The zero-order valence-electron chi connectivity index (χ0n) is 9.05. The van der Waals surface area contributed by atoms with Crippen molar-refractivity contribution in [3.63, 3.8) is 0 Å². The zero-order chi connectivity index (χ0) is 9.52. The largest absolute Gasteiger partial charge is 0.311 e. The molecule has 0 radical (unpaired) electrons. The van der Waals surface area contributed by atoms with E-state index >= 15 is 0 Å². The molecule has 0 amide bonds. The van der Waals surface area contributed by atoms with Crippen LogP contribution < -0.4 is 5.32 Å². The van der Waals surface area contributed by atoms with Crippen molar-refractivity contribution >= 4 is 0 Å². The van der Waals surface area contributed by atoms with Gasteiger partial charge in [0, 0.05) is 12.6 Å². The van der Waals surface area contributed by atoms with Crippen LogP contribution in [0.2, 0.25) is 0 Å². The molecular weight excluding hydrogens is 158 g/mol. The molecule has 1 rings (SSSR count). The Hall–Kier alpha value is -0.300. The molecular formula is C12H23N. The second-order valence-electron chi connectivity index (χ2n) is 4.16. The lowest BCUT2D eigenvalue weighted by molar-refractivity contribution is 0.287. The van der Waals surface area contributed by atoms with Crippen LogP contribution in [0.4, 0.5) is 0 Å². The maximum atomic E-state index is 3.57. The van der Waals surface area contributed by atoms with Gasteiger partial charge in [0.25, 0.3) is 0 Å². The Morgan fingerprint density at radius 1 is 1.31 bits per heavy atom. The predicted octanol–water partition coefficient (Wildman–Crippen LogP) is 3.12. The summed E-state index contributed by atoms with van der Waals surface area (Å²) in [7, 11) is 0. The molecule has 1 nitrogen and oxygen atoms in total. The van der Waals surface area contributed by atoms with Crippen molar-refractivity contribution in [1.29, 1.82) is 0 Å². The summed E-state index contributed by atoms with van der Waals surface area (Å²) in [6.45, 7) is 5.45. The highest BCUT2D eigenvalue weighted by Crippen LogP contribution is 2.26. The van der Waals surface area contributed by atoms with Crippen LogP contribution >= 0.6 is 0 Å². The lowest BCUT2D eigenvalue weighted by Gasteiger charge is -2.28. The summed E-state index contributed by atoms with van der Waals surface area (Å²) in [6, 6.07) is 0.705. The minimum Gasteiger partial charge on any atom is -0.311 e. The highest BCUT2D eigenvalue weighted by atomic mass is 14.9. The van der Waals surface area contributed by atoms with Gasteiger partial charge in [-0.25, -0.2) is 0 Å². The molecule has 1 N–H and O–H groups in total. The van der Waals surface area contributed by atoms with Crippen LogP contribution in [0, 0.1) is 5.92 Å². The van der Waals surface area contributed by atoms with Gasteiger partial charge in [-0.05, 0) is 32.6 Å². The summed E-state index contributed by atoms with van der Waals surface area (Å²) in [5.41, 5.74) is 0. The first-order valence-electron chi connectivity index (χ1n) is 5.69. The SMILES string of the molecule is C/C=C/CN[C@@H](C)C1CCCCC1. The van der Waals surface area contributed by atoms with Crippen molar-refractivity contribution in [3.05, 3.63) is 12.2 Å². The Bertz CT molecular complexity index is 145. The molecule has 0 aromatic carbocycles. The topological polar surface area (TPSA) is 12.0 Å². The van der Waals surface area contributed by atoms with E-state index in [9.17, 15) is 0 Å². The highest BCUT2D eigenvalue weighted by molar-refractivity contribution is 4.83. The number of hydrogen-bond acceptors (Lipinski definition) is 1. The Labute approximate surface area is 82.6 Å². The van der Waals surface area contributed by atoms with Gasteiger partial charge in [-0.3, -0.25) is 0 Å². The molecule has 76 valence electrons.